The van der Waals surface area contributed by atoms with E-state index in [1.165, 1.54) is 0 Å². The Labute approximate surface area is 69.7 Å². The van der Waals surface area contributed by atoms with Crippen LogP contribution in [-0.2, 0) is 0 Å². The zero-order valence-electron chi connectivity index (χ0n) is 6.36. The molecule has 2 rings (SSSR count). The molecule has 60 valence electrons. The Hall–Kier alpha value is -1.64. The molecule has 1 aliphatic rings. The second kappa shape index (κ2) is 2.77. The molecule has 3 nitrogen and oxygen atoms in total. The molecule has 0 unspecified atom stereocenters. The second-order valence-electron chi connectivity index (χ2n) is 2.48. The Morgan fingerprint density at radius 3 is 3.33 bits per heavy atom. The number of ether oxygens (including phenoxy) is 1. The molecule has 0 N–H and O–H groups in total. The highest BCUT2D eigenvalue weighted by Gasteiger charge is 2.05. The van der Waals surface area contributed by atoms with Gasteiger partial charge >= 0.3 is 0 Å². The van der Waals surface area contributed by atoms with Crippen LogP contribution in [0.4, 0.5) is 0 Å². The van der Waals surface area contributed by atoms with E-state index >= 15 is 0 Å². The lowest BCUT2D eigenvalue weighted by atomic mass is 10.2. The van der Waals surface area contributed by atoms with Crippen molar-refractivity contribution < 1.29 is 9.53 Å². The summed E-state index contributed by atoms with van der Waals surface area (Å²) >= 11 is 0. The third-order valence-electron chi connectivity index (χ3n) is 1.67. The maximum absolute atomic E-state index is 10.4. The summed E-state index contributed by atoms with van der Waals surface area (Å²) in [5.41, 5.74) is 1.35. The van der Waals surface area contributed by atoms with E-state index in [1.54, 1.807) is 12.3 Å². The van der Waals surface area contributed by atoms with E-state index in [1.807, 2.05) is 12.2 Å². The second-order valence-corrected chi connectivity index (χ2v) is 2.48. The lowest BCUT2D eigenvalue weighted by Gasteiger charge is -2.10. The van der Waals surface area contributed by atoms with Crippen molar-refractivity contribution in [1.29, 1.82) is 0 Å². The molecule has 0 saturated carbocycles. The van der Waals surface area contributed by atoms with Gasteiger partial charge in [-0.05, 0) is 12.1 Å². The predicted molar refractivity (Wildman–Crippen MR) is 44.2 cm³/mol. The van der Waals surface area contributed by atoms with Gasteiger partial charge < -0.3 is 4.74 Å². The molecule has 0 spiro atoms. The van der Waals surface area contributed by atoms with E-state index in [-0.39, 0.29) is 0 Å². The van der Waals surface area contributed by atoms with Gasteiger partial charge in [0.1, 0.15) is 18.1 Å². The van der Waals surface area contributed by atoms with Crippen LogP contribution in [-0.4, -0.2) is 17.9 Å². The highest BCUT2D eigenvalue weighted by Crippen LogP contribution is 2.22. The Balaban J connectivity index is 2.51. The van der Waals surface area contributed by atoms with Crippen LogP contribution in [0.1, 0.15) is 16.1 Å². The number of hydrogen-bond acceptors (Lipinski definition) is 3. The Kier molecular flexibility index (Phi) is 1.63. The quantitative estimate of drug-likeness (QED) is 0.583. The lowest BCUT2D eigenvalue weighted by molar-refractivity contribution is 0.111. The van der Waals surface area contributed by atoms with Crippen LogP contribution in [0.2, 0.25) is 0 Å². The number of nitrogens with zero attached hydrogens (tertiary/aromatic N) is 1. The fraction of sp³-hybridized carbons (Fsp3) is 0.111. The Morgan fingerprint density at radius 2 is 2.50 bits per heavy atom. The minimum atomic E-state index is 0.434. The molecule has 0 aliphatic carbocycles. The van der Waals surface area contributed by atoms with Crippen molar-refractivity contribution in [3.05, 3.63) is 29.6 Å². The van der Waals surface area contributed by atoms with Crippen molar-refractivity contribution in [3.63, 3.8) is 0 Å². The molecule has 12 heavy (non-hydrogen) atoms. The van der Waals surface area contributed by atoms with E-state index < -0.39 is 0 Å². The molecule has 3 heteroatoms. The standard InChI is InChI=1S/C9H7NO2/c11-6-8-4-7-2-1-3-12-9(7)5-10-8/h1-2,4-6H,3H2. The van der Waals surface area contributed by atoms with Gasteiger partial charge in [0.2, 0.25) is 0 Å². The average Bonchev–Trinajstić information content (AvgIpc) is 2.17. The average molecular weight is 161 g/mol. The van der Waals surface area contributed by atoms with Crippen LogP contribution in [0.25, 0.3) is 6.08 Å². The van der Waals surface area contributed by atoms with Gasteiger partial charge in [-0.1, -0.05) is 6.08 Å². The van der Waals surface area contributed by atoms with Crippen molar-refractivity contribution in [3.8, 4) is 5.75 Å². The largest absolute Gasteiger partial charge is 0.487 e. The fourth-order valence-electron chi connectivity index (χ4n) is 1.10. The van der Waals surface area contributed by atoms with Gasteiger partial charge in [-0.25, -0.2) is 4.98 Å². The third kappa shape index (κ3) is 1.09. The lowest BCUT2D eigenvalue weighted by Crippen LogP contribution is -2.01. The molecule has 1 aliphatic heterocycles. The first-order chi connectivity index (χ1) is 5.90. The molecule has 0 amide bonds. The molecule has 1 aromatic heterocycles. The first-order valence-corrected chi connectivity index (χ1v) is 3.65. The SMILES string of the molecule is O=Cc1cc2c(cn1)OCC=C2. The van der Waals surface area contributed by atoms with Crippen LogP contribution in [0.3, 0.4) is 0 Å². The number of pyridine rings is 1. The number of carbonyl (C=O) groups is 1. The molecule has 0 bridgehead atoms. The van der Waals surface area contributed by atoms with Gasteiger partial charge in [-0.15, -0.1) is 0 Å². The van der Waals surface area contributed by atoms with E-state index in [2.05, 4.69) is 4.98 Å². The van der Waals surface area contributed by atoms with E-state index in [0.29, 0.717) is 12.3 Å². The zero-order valence-corrected chi connectivity index (χ0v) is 6.36. The monoisotopic (exact) mass is 161 g/mol. The number of hydrogen-bond donors (Lipinski definition) is 0. The zero-order chi connectivity index (χ0) is 8.39. The molecule has 1 aromatic rings. The first kappa shape index (κ1) is 7.03. The van der Waals surface area contributed by atoms with Crippen molar-refractivity contribution >= 4 is 12.4 Å². The topological polar surface area (TPSA) is 39.2 Å². The maximum Gasteiger partial charge on any atom is 0.168 e. The number of rotatable bonds is 1. The van der Waals surface area contributed by atoms with Crippen LogP contribution in [0, 0.1) is 0 Å². The van der Waals surface area contributed by atoms with Gasteiger partial charge in [0, 0.05) is 5.56 Å². The molecular weight excluding hydrogens is 154 g/mol. The van der Waals surface area contributed by atoms with Crippen molar-refractivity contribution in [2.24, 2.45) is 0 Å². The van der Waals surface area contributed by atoms with Crippen LogP contribution in [0.15, 0.2) is 18.3 Å². The number of carbonyl (C=O) groups excluding carboxylic acids is 1. The van der Waals surface area contributed by atoms with Gasteiger partial charge in [0.15, 0.2) is 6.29 Å². The molecular formula is C9H7NO2. The van der Waals surface area contributed by atoms with E-state index in [0.717, 1.165) is 17.6 Å². The normalized spacial score (nSPS) is 13.3. The van der Waals surface area contributed by atoms with Crippen LogP contribution >= 0.6 is 0 Å². The number of aromatic nitrogens is 1. The molecule has 0 aromatic carbocycles. The van der Waals surface area contributed by atoms with Gasteiger partial charge in [0.05, 0.1) is 6.20 Å². The van der Waals surface area contributed by atoms with Gasteiger partial charge in [0.25, 0.3) is 0 Å². The predicted octanol–water partition coefficient (Wildman–Crippen LogP) is 1.30. The maximum atomic E-state index is 10.4. The summed E-state index contributed by atoms with van der Waals surface area (Å²) in [6, 6.07) is 1.71. The minimum absolute atomic E-state index is 0.434. The van der Waals surface area contributed by atoms with Crippen LogP contribution < -0.4 is 4.74 Å². The van der Waals surface area contributed by atoms with Crippen LogP contribution in [0.5, 0.6) is 5.75 Å². The van der Waals surface area contributed by atoms with Crippen molar-refractivity contribution in [2.45, 2.75) is 0 Å². The molecule has 0 fully saturated rings. The first-order valence-electron chi connectivity index (χ1n) is 3.65. The summed E-state index contributed by atoms with van der Waals surface area (Å²) in [5, 5.41) is 0. The van der Waals surface area contributed by atoms with E-state index in [9.17, 15) is 4.79 Å². The summed E-state index contributed by atoms with van der Waals surface area (Å²) in [4.78, 5) is 14.2. The summed E-state index contributed by atoms with van der Waals surface area (Å²) in [7, 11) is 0. The fourth-order valence-corrected chi connectivity index (χ4v) is 1.10. The third-order valence-corrected chi connectivity index (χ3v) is 1.67. The molecule has 2 heterocycles. The van der Waals surface area contributed by atoms with Crippen molar-refractivity contribution in [1.82, 2.24) is 4.98 Å². The number of fused-ring (bicyclic) bond motifs is 1. The highest BCUT2D eigenvalue weighted by atomic mass is 16.5. The summed E-state index contributed by atoms with van der Waals surface area (Å²) < 4.78 is 5.26. The molecule has 0 atom stereocenters. The number of aldehydes is 1. The summed E-state index contributed by atoms with van der Waals surface area (Å²) in [5.74, 6) is 0.739. The van der Waals surface area contributed by atoms with Gasteiger partial charge in [-0.3, -0.25) is 4.79 Å². The Morgan fingerprint density at radius 1 is 1.58 bits per heavy atom. The smallest absolute Gasteiger partial charge is 0.168 e. The summed E-state index contributed by atoms with van der Waals surface area (Å²) in [6.07, 6.45) is 6.12. The Bertz CT molecular complexity index is 344. The molecule has 0 saturated heterocycles. The molecule has 0 radical (unpaired) electrons. The minimum Gasteiger partial charge on any atom is -0.487 e. The van der Waals surface area contributed by atoms with Crippen molar-refractivity contribution in [2.75, 3.05) is 6.61 Å². The van der Waals surface area contributed by atoms with E-state index in [4.69, 9.17) is 4.74 Å². The van der Waals surface area contributed by atoms with Gasteiger partial charge in [-0.2, -0.15) is 0 Å². The highest BCUT2D eigenvalue weighted by molar-refractivity contribution is 5.74. The summed E-state index contributed by atoms with van der Waals surface area (Å²) in [6.45, 7) is 0.578.